The van der Waals surface area contributed by atoms with Gasteiger partial charge in [-0.3, -0.25) is 46.8 Å². The Hall–Kier alpha value is -3.64. The number of anilines is 2. The number of rotatable bonds is 2. The molecular weight excluding hydrogens is 666 g/mol. The van der Waals surface area contributed by atoms with Gasteiger partial charge in [0.1, 0.15) is 36.6 Å². The lowest BCUT2D eigenvalue weighted by molar-refractivity contribution is -0.0664. The number of H-pyrrole nitrogens is 2. The minimum absolute atomic E-state index is 0.121. The molecule has 4 aromatic rings. The fourth-order valence-electron chi connectivity index (χ4n) is 5.39. The summed E-state index contributed by atoms with van der Waals surface area (Å²) in [7, 11) is -10.2. The first-order chi connectivity index (χ1) is 21.7. The van der Waals surface area contributed by atoms with Gasteiger partial charge >= 0.3 is 15.6 Å². The quantitative estimate of drug-likeness (QED) is 0.0968. The van der Waals surface area contributed by atoms with Crippen LogP contribution in [-0.2, 0) is 36.7 Å². The van der Waals surface area contributed by atoms with Gasteiger partial charge < -0.3 is 40.9 Å². The molecule has 4 aromatic heterocycles. The van der Waals surface area contributed by atoms with E-state index in [1.807, 2.05) is 0 Å². The van der Waals surface area contributed by atoms with E-state index in [0.29, 0.717) is 0 Å². The average Bonchev–Trinajstić information content (AvgIpc) is 3.72. The number of nitrogens with two attached hydrogens (primary N) is 2. The van der Waals surface area contributed by atoms with Crippen molar-refractivity contribution in [2.75, 3.05) is 24.7 Å². The first-order valence-corrected chi connectivity index (χ1v) is 16.1. The molecule has 7 heterocycles. The molecule has 3 aliphatic rings. The third-order valence-electron chi connectivity index (χ3n) is 7.38. The minimum Gasteiger partial charge on any atom is -0.386 e. The number of fused-ring (bicyclic) bond motifs is 4. The van der Waals surface area contributed by atoms with Crippen LogP contribution in [0.4, 0.5) is 11.9 Å². The lowest BCUT2D eigenvalue weighted by Crippen LogP contribution is -2.39. The number of nitrogens with zero attached hydrogens (tertiary/aromatic N) is 6. The third-order valence-corrected chi connectivity index (χ3v) is 9.35. The smallest absolute Gasteiger partial charge is 0.386 e. The van der Waals surface area contributed by atoms with Crippen LogP contribution in [-0.4, -0.2) is 109 Å². The largest absolute Gasteiger partial charge is 0.472 e. The highest BCUT2D eigenvalue weighted by Crippen LogP contribution is 2.53. The van der Waals surface area contributed by atoms with Gasteiger partial charge in [0.15, 0.2) is 34.8 Å². The van der Waals surface area contributed by atoms with Crippen molar-refractivity contribution in [3.8, 4) is 0 Å². The van der Waals surface area contributed by atoms with Crippen LogP contribution in [0.5, 0.6) is 0 Å². The molecule has 0 aromatic carbocycles. The second-order valence-corrected chi connectivity index (χ2v) is 13.1. The van der Waals surface area contributed by atoms with Crippen molar-refractivity contribution in [1.82, 2.24) is 39.0 Å². The summed E-state index contributed by atoms with van der Waals surface area (Å²) in [4.78, 5) is 65.9. The number of phosphoric acid groups is 2. The second-order valence-electron chi connectivity index (χ2n) is 10.3. The van der Waals surface area contributed by atoms with E-state index in [4.69, 9.17) is 39.0 Å². The van der Waals surface area contributed by atoms with Gasteiger partial charge in [0.2, 0.25) is 11.9 Å². The van der Waals surface area contributed by atoms with Gasteiger partial charge in [-0.2, -0.15) is 9.97 Å². The van der Waals surface area contributed by atoms with Crippen molar-refractivity contribution in [1.29, 1.82) is 0 Å². The van der Waals surface area contributed by atoms with Crippen molar-refractivity contribution in [3.63, 3.8) is 0 Å². The number of aliphatic hydroxyl groups is 2. The first kappa shape index (κ1) is 31.0. The Morgan fingerprint density at radius 3 is 1.54 bits per heavy atom. The number of ether oxygens (including phenoxy) is 2. The normalized spacial score (nSPS) is 37.1. The number of hydrogen-bond donors (Lipinski definition) is 8. The molecule has 0 amide bonds. The number of aromatic amines is 2. The van der Waals surface area contributed by atoms with Crippen LogP contribution < -0.4 is 22.6 Å². The van der Waals surface area contributed by atoms with Crippen molar-refractivity contribution in [3.05, 3.63) is 33.4 Å². The molecule has 0 aliphatic carbocycles. The van der Waals surface area contributed by atoms with E-state index in [1.54, 1.807) is 0 Å². The molecular formula is C20H24N10O14P2. The Labute approximate surface area is 253 Å². The average molecular weight is 690 g/mol. The molecule has 0 spiro atoms. The Kier molecular flexibility index (Phi) is 7.39. The van der Waals surface area contributed by atoms with Crippen LogP contribution in [0.1, 0.15) is 12.5 Å². The van der Waals surface area contributed by atoms with E-state index >= 15 is 0 Å². The molecule has 0 bridgehead atoms. The second kappa shape index (κ2) is 11.0. The summed E-state index contributed by atoms with van der Waals surface area (Å²) >= 11 is 0. The van der Waals surface area contributed by atoms with E-state index in [0.717, 1.165) is 21.8 Å². The van der Waals surface area contributed by atoms with E-state index in [-0.39, 0.29) is 34.2 Å². The number of phosphoric ester groups is 2. The Bertz CT molecular complexity index is 1900. The zero-order chi connectivity index (χ0) is 32.7. The molecule has 0 saturated carbocycles. The van der Waals surface area contributed by atoms with E-state index in [9.17, 15) is 38.7 Å². The number of imidazole rings is 2. The topological polar surface area (TPSA) is 350 Å². The van der Waals surface area contributed by atoms with Gasteiger partial charge in [0, 0.05) is 0 Å². The summed E-state index contributed by atoms with van der Waals surface area (Å²) < 4.78 is 60.5. The zero-order valence-corrected chi connectivity index (χ0v) is 24.6. The zero-order valence-electron chi connectivity index (χ0n) is 22.8. The molecule has 10 atom stereocenters. The lowest BCUT2D eigenvalue weighted by Gasteiger charge is -2.27. The molecule has 46 heavy (non-hydrogen) atoms. The lowest BCUT2D eigenvalue weighted by atomic mass is 10.1. The van der Waals surface area contributed by atoms with Crippen LogP contribution in [0.25, 0.3) is 22.3 Å². The Balaban J connectivity index is 1.18. The van der Waals surface area contributed by atoms with Crippen LogP contribution in [0.3, 0.4) is 0 Å². The monoisotopic (exact) mass is 690 g/mol. The number of aliphatic hydroxyl groups excluding tert-OH is 2. The molecule has 3 saturated heterocycles. The highest BCUT2D eigenvalue weighted by molar-refractivity contribution is 7.47. The molecule has 26 heteroatoms. The van der Waals surface area contributed by atoms with Crippen molar-refractivity contribution < 1.29 is 56.7 Å². The fourth-order valence-corrected chi connectivity index (χ4v) is 7.32. The van der Waals surface area contributed by atoms with Crippen molar-refractivity contribution in [2.45, 2.75) is 49.1 Å². The summed E-state index contributed by atoms with van der Waals surface area (Å²) in [5, 5.41) is 22.2. The molecule has 7 rings (SSSR count). The number of aromatic nitrogens is 8. The Morgan fingerprint density at radius 2 is 1.15 bits per heavy atom. The molecule has 10 N–H and O–H groups in total. The van der Waals surface area contributed by atoms with E-state index in [2.05, 4.69) is 29.9 Å². The summed E-state index contributed by atoms with van der Waals surface area (Å²) in [6.45, 7) is -1.74. The Morgan fingerprint density at radius 1 is 0.761 bits per heavy atom. The molecule has 0 radical (unpaired) electrons. The SMILES string of the molecule is Nc1nc2c(ncn2[C@@H]2O[C@@H]3COP(=O)(O)O[C@@H]4C(COP(=O)(O)O[C@H]3[C@H]2O)O[C@@H](n2cnc3c(=O)[nH]c(N)nc32)[C@@H]4O)c(=O)[nH]1. The first-order valence-electron chi connectivity index (χ1n) is 13.1. The number of hydrogen-bond acceptors (Lipinski definition) is 18. The minimum atomic E-state index is -5.10. The van der Waals surface area contributed by atoms with Gasteiger partial charge in [0.05, 0.1) is 25.9 Å². The maximum absolute atomic E-state index is 13.1. The predicted octanol–water partition coefficient (Wildman–Crippen LogP) is -3.05. The number of nitrogens with one attached hydrogen (secondary N) is 2. The standard InChI is InChI=1S/C20H24N10O14P2/c21-19-25-13-7(15(33)27-19)23-3-29(13)17-9(31)11-5(41-17)1-39-45(35,36)44-12-6(2-40-46(37,38)43-11)42-18(10(12)32)30-4-24-8-14(30)26-20(22)28-16(8)34/h3-6,9-12,17-18,31-32H,1-2H2,(H,35,36)(H,37,38)(H3,21,25,27,33)(H3,22,26,28,34)/t5-,6?,9-,10-,11-,12-,17-,18-/m1/s1. The van der Waals surface area contributed by atoms with Gasteiger partial charge in [-0.25, -0.2) is 19.1 Å². The molecule has 24 nitrogen and oxygen atoms in total. The summed E-state index contributed by atoms with van der Waals surface area (Å²) in [6.07, 6.45) is -10.9. The molecule has 3 unspecified atom stereocenters. The van der Waals surface area contributed by atoms with Crippen LogP contribution >= 0.6 is 15.6 Å². The van der Waals surface area contributed by atoms with Crippen LogP contribution in [0.15, 0.2) is 22.2 Å². The highest BCUT2D eigenvalue weighted by Gasteiger charge is 2.54. The summed E-state index contributed by atoms with van der Waals surface area (Å²) in [5.41, 5.74) is 9.28. The van der Waals surface area contributed by atoms with E-state index < -0.39 is 89.1 Å². The van der Waals surface area contributed by atoms with Crippen LogP contribution in [0, 0.1) is 0 Å². The summed E-state index contributed by atoms with van der Waals surface area (Å²) in [5.74, 6) is -0.561. The number of nitrogen functional groups attached to an aromatic ring is 2. The highest BCUT2D eigenvalue weighted by atomic mass is 31.2. The molecule has 248 valence electrons. The van der Waals surface area contributed by atoms with Gasteiger partial charge in [0.25, 0.3) is 11.1 Å². The van der Waals surface area contributed by atoms with Crippen molar-refractivity contribution in [2.24, 2.45) is 0 Å². The van der Waals surface area contributed by atoms with Gasteiger partial charge in [-0.05, 0) is 0 Å². The van der Waals surface area contributed by atoms with Crippen LogP contribution in [0.2, 0.25) is 0 Å². The maximum atomic E-state index is 13.1. The maximum Gasteiger partial charge on any atom is 0.472 e. The van der Waals surface area contributed by atoms with Gasteiger partial charge in [-0.15, -0.1) is 0 Å². The summed E-state index contributed by atoms with van der Waals surface area (Å²) in [6, 6.07) is 0. The van der Waals surface area contributed by atoms with E-state index in [1.165, 1.54) is 0 Å². The third kappa shape index (κ3) is 5.33. The molecule has 3 aliphatic heterocycles. The van der Waals surface area contributed by atoms with Gasteiger partial charge in [-0.1, -0.05) is 0 Å². The van der Waals surface area contributed by atoms with Crippen molar-refractivity contribution >= 4 is 49.9 Å². The fraction of sp³-hybridized carbons (Fsp3) is 0.500. The predicted molar refractivity (Wildman–Crippen MR) is 146 cm³/mol. The molecule has 3 fully saturated rings.